The van der Waals surface area contributed by atoms with Gasteiger partial charge in [0, 0.05) is 28.2 Å². The van der Waals surface area contributed by atoms with Gasteiger partial charge in [0.1, 0.15) is 12.7 Å². The van der Waals surface area contributed by atoms with Crippen molar-refractivity contribution >= 4 is 16.7 Å². The number of likely N-dealkylation sites (N-methyl/N-ethyl adjacent to an activating group) is 1. The molecular weight excluding hydrogens is 350 g/mol. The highest BCUT2D eigenvalue weighted by atomic mass is 16.1. The Morgan fingerprint density at radius 2 is 1.93 bits per heavy atom. The molecule has 1 atom stereocenters. The summed E-state index contributed by atoms with van der Waals surface area (Å²) in [6.45, 7) is 4.42. The van der Waals surface area contributed by atoms with Gasteiger partial charge in [-0.15, -0.1) is 0 Å². The number of Topliss-reactive ketones (excluding diaryl/α,β-unsaturated/α-hetero) is 1. The van der Waals surface area contributed by atoms with Crippen LogP contribution in [0.4, 0.5) is 0 Å². The van der Waals surface area contributed by atoms with E-state index in [1.807, 2.05) is 50.4 Å². The summed E-state index contributed by atoms with van der Waals surface area (Å²) in [4.78, 5) is 22.4. The van der Waals surface area contributed by atoms with Gasteiger partial charge in [-0.05, 0) is 44.7 Å². The minimum absolute atomic E-state index is 0.110. The van der Waals surface area contributed by atoms with Crippen molar-refractivity contribution in [3.63, 3.8) is 0 Å². The third-order valence-corrected chi connectivity index (χ3v) is 5.29. The summed E-state index contributed by atoms with van der Waals surface area (Å²) >= 11 is 0. The Labute approximate surface area is 163 Å². The molecule has 0 saturated carbocycles. The Kier molecular flexibility index (Phi) is 4.79. The number of aromatic nitrogens is 4. The average molecular weight is 373 g/mol. The SMILES string of the molecule is Cc1[nH]c2ccccc2c1C(=O)CN(C)C(C)c1ccc(-n2cncn2)cc1. The van der Waals surface area contributed by atoms with Gasteiger partial charge in [0.15, 0.2) is 5.78 Å². The smallest absolute Gasteiger partial charge is 0.179 e. The quantitative estimate of drug-likeness (QED) is 0.520. The number of hydrogen-bond acceptors (Lipinski definition) is 4. The van der Waals surface area contributed by atoms with E-state index in [0.29, 0.717) is 6.54 Å². The normalized spacial score (nSPS) is 12.6. The van der Waals surface area contributed by atoms with Gasteiger partial charge in [-0.3, -0.25) is 9.69 Å². The van der Waals surface area contributed by atoms with E-state index in [4.69, 9.17) is 0 Å². The lowest BCUT2D eigenvalue weighted by molar-refractivity contribution is 0.0926. The lowest BCUT2D eigenvalue weighted by Crippen LogP contribution is -2.29. The van der Waals surface area contributed by atoms with E-state index in [0.717, 1.165) is 33.4 Å². The van der Waals surface area contributed by atoms with Gasteiger partial charge in [-0.1, -0.05) is 30.3 Å². The second-order valence-corrected chi connectivity index (χ2v) is 7.12. The number of aromatic amines is 1. The first kappa shape index (κ1) is 18.1. The predicted octanol–water partition coefficient (Wildman–Crippen LogP) is 3.93. The molecule has 0 bridgehead atoms. The largest absolute Gasteiger partial charge is 0.358 e. The van der Waals surface area contributed by atoms with E-state index in [9.17, 15) is 4.79 Å². The number of aryl methyl sites for hydroxylation is 1. The molecule has 4 rings (SSSR count). The average Bonchev–Trinajstić information content (AvgIpc) is 3.34. The van der Waals surface area contributed by atoms with Crippen LogP contribution in [0.2, 0.25) is 0 Å². The summed E-state index contributed by atoms with van der Waals surface area (Å²) in [5.41, 5.74) is 4.82. The first-order valence-corrected chi connectivity index (χ1v) is 9.30. The van der Waals surface area contributed by atoms with Crippen molar-refractivity contribution in [1.29, 1.82) is 0 Å². The summed E-state index contributed by atoms with van der Waals surface area (Å²) in [6, 6.07) is 16.2. The van der Waals surface area contributed by atoms with Gasteiger partial charge < -0.3 is 4.98 Å². The molecule has 1 unspecified atom stereocenters. The fraction of sp³-hybridized carbons (Fsp3) is 0.227. The Morgan fingerprint density at radius 3 is 2.64 bits per heavy atom. The zero-order valence-electron chi connectivity index (χ0n) is 16.3. The molecule has 2 heterocycles. The van der Waals surface area contributed by atoms with Crippen LogP contribution in [0.5, 0.6) is 0 Å². The van der Waals surface area contributed by atoms with Crippen LogP contribution in [0, 0.1) is 6.92 Å². The molecule has 142 valence electrons. The van der Waals surface area contributed by atoms with Crippen LogP contribution in [0.3, 0.4) is 0 Å². The maximum atomic E-state index is 13.0. The van der Waals surface area contributed by atoms with Crippen molar-refractivity contribution in [3.05, 3.63) is 78.0 Å². The van der Waals surface area contributed by atoms with E-state index in [2.05, 4.69) is 39.0 Å². The summed E-state index contributed by atoms with van der Waals surface area (Å²) in [7, 11) is 1.98. The monoisotopic (exact) mass is 373 g/mol. The maximum Gasteiger partial charge on any atom is 0.179 e. The first-order chi connectivity index (χ1) is 13.5. The van der Waals surface area contributed by atoms with Crippen molar-refractivity contribution in [3.8, 4) is 5.69 Å². The summed E-state index contributed by atoms with van der Waals surface area (Å²) in [5, 5.41) is 5.13. The number of fused-ring (bicyclic) bond motifs is 1. The zero-order chi connectivity index (χ0) is 19.7. The molecule has 6 nitrogen and oxygen atoms in total. The van der Waals surface area contributed by atoms with Gasteiger partial charge in [-0.2, -0.15) is 5.10 Å². The second kappa shape index (κ2) is 7.40. The summed E-state index contributed by atoms with van der Waals surface area (Å²) in [6.07, 6.45) is 3.19. The highest BCUT2D eigenvalue weighted by molar-refractivity contribution is 6.10. The molecule has 28 heavy (non-hydrogen) atoms. The van der Waals surface area contributed by atoms with Crippen molar-refractivity contribution in [2.24, 2.45) is 0 Å². The third kappa shape index (κ3) is 3.34. The number of H-pyrrole nitrogens is 1. The molecular formula is C22H23N5O. The van der Waals surface area contributed by atoms with Crippen LogP contribution >= 0.6 is 0 Å². The third-order valence-electron chi connectivity index (χ3n) is 5.29. The maximum absolute atomic E-state index is 13.0. The number of rotatable bonds is 6. The van der Waals surface area contributed by atoms with E-state index in [1.165, 1.54) is 6.33 Å². The molecule has 0 saturated heterocycles. The Bertz CT molecular complexity index is 1100. The van der Waals surface area contributed by atoms with E-state index in [1.54, 1.807) is 11.0 Å². The van der Waals surface area contributed by atoms with Gasteiger partial charge in [0.2, 0.25) is 0 Å². The molecule has 6 heteroatoms. The molecule has 2 aromatic heterocycles. The number of hydrogen-bond donors (Lipinski definition) is 1. The topological polar surface area (TPSA) is 66.8 Å². The molecule has 0 amide bonds. The van der Waals surface area contributed by atoms with Crippen LogP contribution in [-0.2, 0) is 0 Å². The number of para-hydroxylation sites is 1. The summed E-state index contributed by atoms with van der Waals surface area (Å²) < 4.78 is 1.72. The fourth-order valence-electron chi connectivity index (χ4n) is 3.58. The number of nitrogens with one attached hydrogen (secondary N) is 1. The van der Waals surface area contributed by atoms with Crippen LogP contribution in [0.15, 0.2) is 61.2 Å². The minimum Gasteiger partial charge on any atom is -0.358 e. The zero-order valence-corrected chi connectivity index (χ0v) is 16.3. The Hall–Kier alpha value is -3.25. The van der Waals surface area contributed by atoms with Crippen LogP contribution in [0.25, 0.3) is 16.6 Å². The van der Waals surface area contributed by atoms with Crippen molar-refractivity contribution in [2.45, 2.75) is 19.9 Å². The van der Waals surface area contributed by atoms with Gasteiger partial charge >= 0.3 is 0 Å². The Morgan fingerprint density at radius 1 is 1.18 bits per heavy atom. The lowest BCUT2D eigenvalue weighted by Gasteiger charge is -2.24. The molecule has 0 aliphatic heterocycles. The number of benzene rings is 2. The van der Waals surface area contributed by atoms with Crippen molar-refractivity contribution < 1.29 is 4.79 Å². The minimum atomic E-state index is 0.110. The van der Waals surface area contributed by atoms with E-state index >= 15 is 0 Å². The predicted molar refractivity (Wildman–Crippen MR) is 110 cm³/mol. The van der Waals surface area contributed by atoms with E-state index in [-0.39, 0.29) is 11.8 Å². The van der Waals surface area contributed by atoms with Crippen molar-refractivity contribution in [1.82, 2.24) is 24.6 Å². The number of carbonyl (C=O) groups is 1. The number of ketones is 1. The van der Waals surface area contributed by atoms with Crippen LogP contribution in [0.1, 0.15) is 34.6 Å². The van der Waals surface area contributed by atoms with Gasteiger partial charge in [-0.25, -0.2) is 9.67 Å². The van der Waals surface area contributed by atoms with E-state index < -0.39 is 0 Å². The lowest BCUT2D eigenvalue weighted by atomic mass is 10.0. The molecule has 1 N–H and O–H groups in total. The highest BCUT2D eigenvalue weighted by Crippen LogP contribution is 2.25. The number of carbonyl (C=O) groups excluding carboxylic acids is 1. The number of nitrogens with zero attached hydrogens (tertiary/aromatic N) is 4. The van der Waals surface area contributed by atoms with Crippen LogP contribution < -0.4 is 0 Å². The molecule has 2 aromatic carbocycles. The van der Waals surface area contributed by atoms with Gasteiger partial charge in [0.05, 0.1) is 12.2 Å². The van der Waals surface area contributed by atoms with Crippen LogP contribution in [-0.4, -0.2) is 44.0 Å². The molecule has 0 radical (unpaired) electrons. The molecule has 0 aliphatic rings. The first-order valence-electron chi connectivity index (χ1n) is 9.30. The molecule has 0 aliphatic carbocycles. The Balaban J connectivity index is 1.50. The molecule has 0 fully saturated rings. The second-order valence-electron chi connectivity index (χ2n) is 7.12. The molecule has 0 spiro atoms. The van der Waals surface area contributed by atoms with Crippen molar-refractivity contribution in [2.75, 3.05) is 13.6 Å². The standard InChI is InChI=1S/C22H23N5O/c1-15-22(19-6-4-5-7-20(19)25-15)21(28)12-26(3)16(2)17-8-10-18(11-9-17)27-14-23-13-24-27/h4-11,13-14,16,25H,12H2,1-3H3. The summed E-state index contributed by atoms with van der Waals surface area (Å²) in [5.74, 6) is 0.128. The highest BCUT2D eigenvalue weighted by Gasteiger charge is 2.20. The molecule has 4 aromatic rings. The fourth-order valence-corrected chi connectivity index (χ4v) is 3.58. The van der Waals surface area contributed by atoms with Gasteiger partial charge in [0.25, 0.3) is 0 Å².